The topological polar surface area (TPSA) is 31.2 Å². The molecule has 3 nitrogen and oxygen atoms in total. The number of hydrogen-bond donors (Lipinski definition) is 0. The van der Waals surface area contributed by atoms with E-state index in [2.05, 4.69) is 4.84 Å². The molecule has 1 heterocycles. The van der Waals surface area contributed by atoms with Gasteiger partial charge in [-0.1, -0.05) is 0 Å². The Morgan fingerprint density at radius 3 is 3.00 bits per heavy atom. The lowest BCUT2D eigenvalue weighted by Gasteiger charge is -1.97. The van der Waals surface area contributed by atoms with Crippen LogP contribution in [0.1, 0.15) is 5.69 Å². The molecule has 0 fully saturated rings. The first-order valence-corrected chi connectivity index (χ1v) is 3.82. The molecular formula is C5H5NO2S2. The van der Waals surface area contributed by atoms with Crippen molar-refractivity contribution in [2.75, 3.05) is 0 Å². The molecule has 0 unspecified atom stereocenters. The van der Waals surface area contributed by atoms with E-state index in [-0.39, 0.29) is 0 Å². The largest absolute Gasteiger partial charge is 0.338 e. The Balaban J connectivity index is 3.10. The number of thiazole rings is 1. The number of carbonyl (C=O) groups excluding carboxylic acids is 1. The standard InChI is InChI=1S/C5H5NO2S2/c1-4-2-10-5(9)6(4)8-3-7/h2-3H,1H3. The maximum absolute atomic E-state index is 9.89. The van der Waals surface area contributed by atoms with E-state index in [1.807, 2.05) is 12.3 Å². The van der Waals surface area contributed by atoms with Crippen molar-refractivity contribution in [1.82, 2.24) is 4.73 Å². The first-order chi connectivity index (χ1) is 4.75. The molecule has 5 heteroatoms. The highest BCUT2D eigenvalue weighted by Crippen LogP contribution is 2.06. The van der Waals surface area contributed by atoms with Crippen molar-refractivity contribution in [3.63, 3.8) is 0 Å². The quantitative estimate of drug-likeness (QED) is 0.499. The Morgan fingerprint density at radius 2 is 2.60 bits per heavy atom. The minimum atomic E-state index is 0.357. The Hall–Kier alpha value is -0.680. The first kappa shape index (κ1) is 7.43. The van der Waals surface area contributed by atoms with Crippen LogP contribution in [-0.4, -0.2) is 11.2 Å². The summed E-state index contributed by atoms with van der Waals surface area (Å²) in [6.07, 6.45) is 0. The van der Waals surface area contributed by atoms with Gasteiger partial charge in [0, 0.05) is 5.38 Å². The number of rotatable bonds is 2. The van der Waals surface area contributed by atoms with E-state index in [9.17, 15) is 4.79 Å². The minimum Gasteiger partial charge on any atom is -0.338 e. The van der Waals surface area contributed by atoms with Crippen LogP contribution >= 0.6 is 23.6 Å². The monoisotopic (exact) mass is 175 g/mol. The predicted molar refractivity (Wildman–Crippen MR) is 40.5 cm³/mol. The molecule has 0 aliphatic rings. The number of aryl methyl sites for hydroxylation is 1. The molecule has 54 valence electrons. The second kappa shape index (κ2) is 2.94. The molecular weight excluding hydrogens is 170 g/mol. The fourth-order valence-corrected chi connectivity index (χ4v) is 1.53. The maximum atomic E-state index is 9.89. The van der Waals surface area contributed by atoms with E-state index < -0.39 is 0 Å². The second-order valence-corrected chi connectivity index (χ2v) is 3.14. The number of nitrogens with zero attached hydrogens (tertiary/aromatic N) is 1. The Kier molecular flexibility index (Phi) is 2.18. The van der Waals surface area contributed by atoms with Crippen LogP contribution in [0, 0.1) is 10.9 Å². The molecule has 1 rings (SSSR count). The third-order valence-corrected chi connectivity index (χ3v) is 2.25. The van der Waals surface area contributed by atoms with Gasteiger partial charge in [0.2, 0.25) is 0 Å². The fourth-order valence-electron chi connectivity index (χ4n) is 0.545. The molecule has 0 aliphatic heterocycles. The van der Waals surface area contributed by atoms with Gasteiger partial charge in [-0.3, -0.25) is 4.79 Å². The van der Waals surface area contributed by atoms with Gasteiger partial charge >= 0.3 is 6.47 Å². The third-order valence-electron chi connectivity index (χ3n) is 0.965. The Morgan fingerprint density at radius 1 is 1.90 bits per heavy atom. The molecule has 0 radical (unpaired) electrons. The lowest BCUT2D eigenvalue weighted by atomic mass is 10.6. The van der Waals surface area contributed by atoms with E-state index in [1.54, 1.807) is 0 Å². The lowest BCUT2D eigenvalue weighted by molar-refractivity contribution is -0.129. The number of hydrogen-bond acceptors (Lipinski definition) is 4. The summed E-state index contributed by atoms with van der Waals surface area (Å²) in [5, 5.41) is 1.83. The fraction of sp³-hybridized carbons (Fsp3) is 0.200. The summed E-state index contributed by atoms with van der Waals surface area (Å²) in [7, 11) is 0. The van der Waals surface area contributed by atoms with Crippen LogP contribution in [0.25, 0.3) is 0 Å². The van der Waals surface area contributed by atoms with Gasteiger partial charge in [-0.05, 0) is 19.1 Å². The highest BCUT2D eigenvalue weighted by molar-refractivity contribution is 7.73. The summed E-state index contributed by atoms with van der Waals surface area (Å²) >= 11 is 6.20. The molecule has 0 atom stereocenters. The molecule has 0 bridgehead atoms. The summed E-state index contributed by atoms with van der Waals surface area (Å²) in [6.45, 7) is 2.17. The summed E-state index contributed by atoms with van der Waals surface area (Å²) in [5.41, 5.74) is 0.835. The van der Waals surface area contributed by atoms with Gasteiger partial charge in [-0.15, -0.1) is 11.3 Å². The zero-order chi connectivity index (χ0) is 7.56. The molecule has 1 aromatic rings. The number of aromatic nitrogens is 1. The average Bonchev–Trinajstić information content (AvgIpc) is 2.20. The van der Waals surface area contributed by atoms with Gasteiger partial charge in [-0.25, -0.2) is 0 Å². The number of carbonyl (C=O) groups is 1. The van der Waals surface area contributed by atoms with Crippen LogP contribution in [0.2, 0.25) is 0 Å². The average molecular weight is 175 g/mol. The van der Waals surface area contributed by atoms with Crippen LogP contribution < -0.4 is 4.84 Å². The van der Waals surface area contributed by atoms with Gasteiger partial charge in [0.05, 0.1) is 5.69 Å². The van der Waals surface area contributed by atoms with Gasteiger partial charge in [0.1, 0.15) is 0 Å². The Labute approximate surface area is 66.8 Å². The maximum Gasteiger partial charge on any atom is 0.321 e. The molecule has 0 saturated carbocycles. The van der Waals surface area contributed by atoms with Crippen molar-refractivity contribution in [3.8, 4) is 0 Å². The second-order valence-electron chi connectivity index (χ2n) is 1.64. The van der Waals surface area contributed by atoms with Gasteiger partial charge in [-0.2, -0.15) is 4.73 Å². The van der Waals surface area contributed by atoms with Gasteiger partial charge in [0.15, 0.2) is 3.95 Å². The lowest BCUT2D eigenvalue weighted by Crippen LogP contribution is -2.09. The highest BCUT2D eigenvalue weighted by atomic mass is 32.1. The van der Waals surface area contributed by atoms with Crippen molar-refractivity contribution < 1.29 is 9.63 Å². The summed E-state index contributed by atoms with van der Waals surface area (Å²) in [4.78, 5) is 14.4. The van der Waals surface area contributed by atoms with Crippen molar-refractivity contribution in [2.45, 2.75) is 6.92 Å². The molecule has 0 amide bonds. The molecule has 0 N–H and O–H groups in total. The van der Waals surface area contributed by atoms with Crippen molar-refractivity contribution in [1.29, 1.82) is 0 Å². The summed E-state index contributed by atoms with van der Waals surface area (Å²) in [6, 6.07) is 0. The molecule has 0 aromatic carbocycles. The molecule has 0 spiro atoms. The van der Waals surface area contributed by atoms with Gasteiger partial charge < -0.3 is 4.84 Å². The zero-order valence-electron chi connectivity index (χ0n) is 5.23. The Bertz CT molecular complexity index is 288. The minimum absolute atomic E-state index is 0.357. The smallest absolute Gasteiger partial charge is 0.321 e. The van der Waals surface area contributed by atoms with E-state index in [0.29, 0.717) is 10.4 Å². The van der Waals surface area contributed by atoms with Crippen LogP contribution in [0.15, 0.2) is 5.38 Å². The van der Waals surface area contributed by atoms with Crippen molar-refractivity contribution >= 4 is 30.0 Å². The van der Waals surface area contributed by atoms with Crippen LogP contribution in [0.3, 0.4) is 0 Å². The van der Waals surface area contributed by atoms with Crippen molar-refractivity contribution in [2.24, 2.45) is 0 Å². The third kappa shape index (κ3) is 1.25. The van der Waals surface area contributed by atoms with Crippen LogP contribution in [0.5, 0.6) is 0 Å². The van der Waals surface area contributed by atoms with Crippen molar-refractivity contribution in [3.05, 3.63) is 15.0 Å². The molecule has 1 aromatic heterocycles. The van der Waals surface area contributed by atoms with Gasteiger partial charge in [0.25, 0.3) is 0 Å². The molecule has 0 saturated heterocycles. The molecule has 10 heavy (non-hydrogen) atoms. The van der Waals surface area contributed by atoms with E-state index in [1.165, 1.54) is 16.1 Å². The van der Waals surface area contributed by atoms with Crippen LogP contribution in [-0.2, 0) is 4.79 Å². The van der Waals surface area contributed by atoms with E-state index >= 15 is 0 Å². The van der Waals surface area contributed by atoms with E-state index in [0.717, 1.165) is 5.69 Å². The first-order valence-electron chi connectivity index (χ1n) is 2.53. The predicted octanol–water partition coefficient (Wildman–Crippen LogP) is 1.17. The normalized spacial score (nSPS) is 9.30. The molecule has 0 aliphatic carbocycles. The van der Waals surface area contributed by atoms with Crippen LogP contribution in [0.4, 0.5) is 0 Å². The summed E-state index contributed by atoms with van der Waals surface area (Å²) < 4.78 is 1.86. The summed E-state index contributed by atoms with van der Waals surface area (Å²) in [5.74, 6) is 0. The highest BCUT2D eigenvalue weighted by Gasteiger charge is 1.97. The SMILES string of the molecule is Cc1csc(=S)n1OC=O. The zero-order valence-corrected chi connectivity index (χ0v) is 6.87. The van der Waals surface area contributed by atoms with E-state index in [4.69, 9.17) is 12.2 Å².